The van der Waals surface area contributed by atoms with E-state index in [1.807, 2.05) is 59.2 Å². The van der Waals surface area contributed by atoms with Crippen LogP contribution < -0.4 is 0 Å². The second kappa shape index (κ2) is 6.38. The molecule has 0 saturated carbocycles. The molecule has 126 valence electrons. The molecule has 0 saturated heterocycles. The normalized spacial score (nSPS) is 10.8. The topological polar surface area (TPSA) is 55.0 Å². The third-order valence-electron chi connectivity index (χ3n) is 4.43. The number of hydrogen-bond acceptors (Lipinski definition) is 3. The van der Waals surface area contributed by atoms with Gasteiger partial charge in [0.1, 0.15) is 5.69 Å². The van der Waals surface area contributed by atoms with Crippen molar-refractivity contribution in [2.45, 2.75) is 6.92 Å². The van der Waals surface area contributed by atoms with E-state index < -0.39 is 0 Å². The number of carbonyl (C=O) groups excluding carboxylic acids is 1. The molecule has 1 aromatic heterocycles. The summed E-state index contributed by atoms with van der Waals surface area (Å²) in [5.41, 5.74) is 2.69. The van der Waals surface area contributed by atoms with Gasteiger partial charge in [0.2, 0.25) is 0 Å². The van der Waals surface area contributed by atoms with Crippen LogP contribution >= 0.6 is 0 Å². The highest BCUT2D eigenvalue weighted by molar-refractivity contribution is 6.00. The maximum absolute atomic E-state index is 12.6. The molecule has 0 amide bonds. The number of rotatable bonds is 3. The Morgan fingerprint density at radius 1 is 1.04 bits per heavy atom. The van der Waals surface area contributed by atoms with Gasteiger partial charge in [-0.05, 0) is 36.6 Å². The molecule has 0 unspecified atom stereocenters. The van der Waals surface area contributed by atoms with Gasteiger partial charge in [0, 0.05) is 10.8 Å². The van der Waals surface area contributed by atoms with E-state index in [-0.39, 0.29) is 5.97 Å². The minimum Gasteiger partial charge on any atom is -0.461 e. The van der Waals surface area contributed by atoms with Crippen molar-refractivity contribution in [3.63, 3.8) is 0 Å². The van der Waals surface area contributed by atoms with Crippen molar-refractivity contribution in [3.8, 4) is 11.8 Å². The summed E-state index contributed by atoms with van der Waals surface area (Å²) >= 11 is 0. The van der Waals surface area contributed by atoms with Gasteiger partial charge in [0.05, 0.1) is 29.4 Å². The van der Waals surface area contributed by atoms with Crippen molar-refractivity contribution < 1.29 is 9.53 Å². The average molecular weight is 340 g/mol. The number of fused-ring (bicyclic) bond motifs is 2. The van der Waals surface area contributed by atoms with E-state index in [4.69, 9.17) is 4.74 Å². The van der Waals surface area contributed by atoms with Gasteiger partial charge in [-0.2, -0.15) is 5.26 Å². The molecular formula is C22H16N2O2. The summed E-state index contributed by atoms with van der Waals surface area (Å²) in [6.07, 6.45) is 0. The van der Waals surface area contributed by atoms with Gasteiger partial charge in [0.15, 0.2) is 0 Å². The lowest BCUT2D eigenvalue weighted by Crippen LogP contribution is -2.11. The van der Waals surface area contributed by atoms with Gasteiger partial charge in [-0.3, -0.25) is 0 Å². The van der Waals surface area contributed by atoms with Crippen molar-refractivity contribution in [1.29, 1.82) is 5.26 Å². The molecule has 26 heavy (non-hydrogen) atoms. The standard InChI is InChI=1S/C22H16N2O2/c1-2-26-22(25)21-13-17-11-10-15(14-23)12-20(17)24(21)19-9-5-7-16-6-3-4-8-18(16)19/h3-13H,2H2,1H3. The summed E-state index contributed by atoms with van der Waals surface area (Å²) in [6.45, 7) is 2.09. The van der Waals surface area contributed by atoms with Gasteiger partial charge < -0.3 is 9.30 Å². The Kier molecular flexibility index (Phi) is 3.91. The van der Waals surface area contributed by atoms with Gasteiger partial charge in [-0.25, -0.2) is 4.79 Å². The zero-order valence-corrected chi connectivity index (χ0v) is 14.3. The third-order valence-corrected chi connectivity index (χ3v) is 4.43. The second-order valence-electron chi connectivity index (χ2n) is 5.97. The Hall–Kier alpha value is -3.58. The van der Waals surface area contributed by atoms with E-state index in [1.54, 1.807) is 19.1 Å². The lowest BCUT2D eigenvalue weighted by molar-refractivity contribution is 0.0517. The lowest BCUT2D eigenvalue weighted by Gasteiger charge is -2.13. The molecule has 0 atom stereocenters. The number of hydrogen-bond donors (Lipinski definition) is 0. The highest BCUT2D eigenvalue weighted by atomic mass is 16.5. The molecule has 3 aromatic carbocycles. The zero-order chi connectivity index (χ0) is 18.1. The highest BCUT2D eigenvalue weighted by Gasteiger charge is 2.19. The average Bonchev–Trinajstić information content (AvgIpc) is 3.06. The van der Waals surface area contributed by atoms with Crippen LogP contribution in [-0.2, 0) is 4.74 Å². The summed E-state index contributed by atoms with van der Waals surface area (Å²) in [5, 5.41) is 12.3. The fourth-order valence-electron chi connectivity index (χ4n) is 3.29. The van der Waals surface area contributed by atoms with Crippen LogP contribution in [-0.4, -0.2) is 17.1 Å². The Balaban J connectivity index is 2.10. The van der Waals surface area contributed by atoms with E-state index in [0.717, 1.165) is 27.4 Å². The van der Waals surface area contributed by atoms with Crippen LogP contribution in [0.1, 0.15) is 23.0 Å². The maximum Gasteiger partial charge on any atom is 0.355 e. The SMILES string of the molecule is CCOC(=O)c1cc2ccc(C#N)cc2n1-c1cccc2ccccc12. The number of carbonyl (C=O) groups is 1. The number of aromatic nitrogens is 1. The summed E-state index contributed by atoms with van der Waals surface area (Å²) in [7, 11) is 0. The molecule has 0 aliphatic rings. The first-order valence-corrected chi connectivity index (χ1v) is 8.44. The molecule has 0 aliphatic carbocycles. The quantitative estimate of drug-likeness (QED) is 0.502. The van der Waals surface area contributed by atoms with Gasteiger partial charge in [-0.1, -0.05) is 42.5 Å². The number of esters is 1. The van der Waals surface area contributed by atoms with Crippen molar-refractivity contribution in [3.05, 3.63) is 78.0 Å². The molecule has 0 aliphatic heterocycles. The monoisotopic (exact) mass is 340 g/mol. The molecule has 4 aromatic rings. The van der Waals surface area contributed by atoms with E-state index in [0.29, 0.717) is 17.9 Å². The Bertz CT molecular complexity index is 1180. The van der Waals surface area contributed by atoms with Crippen molar-refractivity contribution in [2.75, 3.05) is 6.61 Å². The van der Waals surface area contributed by atoms with E-state index in [1.165, 1.54) is 0 Å². The smallest absolute Gasteiger partial charge is 0.355 e. The largest absolute Gasteiger partial charge is 0.461 e. The zero-order valence-electron chi connectivity index (χ0n) is 14.3. The van der Waals surface area contributed by atoms with Crippen molar-refractivity contribution in [2.24, 2.45) is 0 Å². The summed E-state index contributed by atoms with van der Waals surface area (Å²) in [5.74, 6) is -0.379. The Labute approximate surface area is 150 Å². The van der Waals surface area contributed by atoms with Gasteiger partial charge >= 0.3 is 5.97 Å². The molecule has 0 fully saturated rings. The van der Waals surface area contributed by atoms with Gasteiger partial charge in [0.25, 0.3) is 0 Å². The lowest BCUT2D eigenvalue weighted by atomic mass is 10.1. The number of benzene rings is 3. The van der Waals surface area contributed by atoms with Gasteiger partial charge in [-0.15, -0.1) is 0 Å². The molecular weight excluding hydrogens is 324 g/mol. The molecule has 0 spiro atoms. The van der Waals surface area contributed by atoms with Crippen LogP contribution in [0.3, 0.4) is 0 Å². The summed E-state index contributed by atoms with van der Waals surface area (Å²) < 4.78 is 7.15. The van der Waals surface area contributed by atoms with E-state index in [2.05, 4.69) is 6.07 Å². The molecule has 4 rings (SSSR count). The number of ether oxygens (including phenoxy) is 1. The maximum atomic E-state index is 12.6. The first kappa shape index (κ1) is 15.9. The molecule has 1 heterocycles. The van der Waals surface area contributed by atoms with Crippen LogP contribution in [0, 0.1) is 11.3 Å². The predicted octanol–water partition coefficient (Wildman–Crippen LogP) is 4.83. The third kappa shape index (κ3) is 2.51. The Morgan fingerprint density at radius 2 is 1.85 bits per heavy atom. The minimum atomic E-state index is -0.379. The van der Waals surface area contributed by atoms with Crippen molar-refractivity contribution >= 4 is 27.6 Å². The van der Waals surface area contributed by atoms with Crippen LogP contribution in [0.15, 0.2) is 66.7 Å². The fraction of sp³-hybridized carbons (Fsp3) is 0.0909. The van der Waals surface area contributed by atoms with E-state index in [9.17, 15) is 10.1 Å². The number of nitrogens with zero attached hydrogens (tertiary/aromatic N) is 2. The molecule has 4 heteroatoms. The summed E-state index contributed by atoms with van der Waals surface area (Å²) in [6, 6.07) is 23.4. The first-order chi connectivity index (χ1) is 12.7. The van der Waals surface area contributed by atoms with Crippen LogP contribution in [0.2, 0.25) is 0 Å². The highest BCUT2D eigenvalue weighted by Crippen LogP contribution is 2.30. The molecule has 0 bridgehead atoms. The fourth-order valence-corrected chi connectivity index (χ4v) is 3.29. The predicted molar refractivity (Wildman–Crippen MR) is 101 cm³/mol. The minimum absolute atomic E-state index is 0.305. The molecule has 4 nitrogen and oxygen atoms in total. The van der Waals surface area contributed by atoms with Crippen LogP contribution in [0.5, 0.6) is 0 Å². The Morgan fingerprint density at radius 3 is 2.65 bits per heavy atom. The molecule has 0 N–H and O–H groups in total. The van der Waals surface area contributed by atoms with E-state index >= 15 is 0 Å². The first-order valence-electron chi connectivity index (χ1n) is 8.44. The van der Waals surface area contributed by atoms with Crippen LogP contribution in [0.4, 0.5) is 0 Å². The second-order valence-corrected chi connectivity index (χ2v) is 5.97. The molecule has 0 radical (unpaired) electrons. The number of nitriles is 1. The van der Waals surface area contributed by atoms with Crippen molar-refractivity contribution in [1.82, 2.24) is 4.57 Å². The van der Waals surface area contributed by atoms with Crippen LogP contribution in [0.25, 0.3) is 27.4 Å². The summed E-state index contributed by atoms with van der Waals surface area (Å²) in [4.78, 5) is 12.6.